The number of urea groups is 1. The molecule has 0 atom stereocenters. The first kappa shape index (κ1) is 16.3. The molecule has 2 N–H and O–H groups in total. The Bertz CT molecular complexity index is 709. The van der Waals surface area contributed by atoms with Crippen LogP contribution in [0.3, 0.4) is 0 Å². The maximum Gasteiger partial charge on any atom is 0.363 e. The van der Waals surface area contributed by atoms with Gasteiger partial charge in [-0.3, -0.25) is 4.18 Å². The number of anilines is 1. The number of carbonyl (C=O) groups is 1. The largest absolute Gasteiger partial charge is 0.363 e. The van der Waals surface area contributed by atoms with E-state index >= 15 is 0 Å². The molecule has 3 rings (SSSR count). The normalized spacial score (nSPS) is 16.3. The molecule has 1 aromatic rings. The van der Waals surface area contributed by atoms with E-state index in [1.807, 2.05) is 4.72 Å². The molecule has 6 nitrogen and oxygen atoms in total. The van der Waals surface area contributed by atoms with E-state index < -0.39 is 22.4 Å². The van der Waals surface area contributed by atoms with Gasteiger partial charge in [0.1, 0.15) is 0 Å². The van der Waals surface area contributed by atoms with Crippen LogP contribution < -0.4 is 10.0 Å². The van der Waals surface area contributed by atoms with Crippen LogP contribution >= 0.6 is 0 Å². The monoisotopic (exact) mass is 338 g/mol. The van der Waals surface area contributed by atoms with Crippen molar-refractivity contribution in [2.45, 2.75) is 58.5 Å². The van der Waals surface area contributed by atoms with Crippen molar-refractivity contribution >= 4 is 22.0 Å². The van der Waals surface area contributed by atoms with E-state index in [2.05, 4.69) is 11.4 Å². The SMILES string of the molecule is CC(C)OS(=O)(=O)NC(=O)Nc1c2c(cc3c1CCC3)CCC2. The van der Waals surface area contributed by atoms with Crippen molar-refractivity contribution in [1.82, 2.24) is 4.72 Å². The van der Waals surface area contributed by atoms with Crippen molar-refractivity contribution in [3.8, 4) is 0 Å². The highest BCUT2D eigenvalue weighted by Crippen LogP contribution is 2.38. The third-order valence-corrected chi connectivity index (χ3v) is 5.32. The number of hydrogen-bond acceptors (Lipinski definition) is 4. The predicted molar refractivity (Wildman–Crippen MR) is 87.8 cm³/mol. The summed E-state index contributed by atoms with van der Waals surface area (Å²) in [4.78, 5) is 12.1. The van der Waals surface area contributed by atoms with Crippen LogP contribution in [0.15, 0.2) is 6.07 Å². The lowest BCUT2D eigenvalue weighted by Crippen LogP contribution is -2.37. The first-order valence-electron chi connectivity index (χ1n) is 8.04. The van der Waals surface area contributed by atoms with E-state index in [4.69, 9.17) is 4.18 Å². The number of carbonyl (C=O) groups excluding carboxylic acids is 1. The smallest absolute Gasteiger partial charge is 0.307 e. The van der Waals surface area contributed by atoms with Crippen molar-refractivity contribution < 1.29 is 17.4 Å². The van der Waals surface area contributed by atoms with Gasteiger partial charge in [-0.1, -0.05) is 6.07 Å². The molecule has 0 spiro atoms. The standard InChI is InChI=1S/C16H22N2O4S/c1-10(2)22-23(20,21)18-16(19)17-15-13-7-3-5-11(13)9-12-6-4-8-14(12)15/h9-10H,3-8H2,1-2H3,(H2,17,18,19). The minimum atomic E-state index is -4.09. The minimum absolute atomic E-state index is 0.523. The Hall–Kier alpha value is -1.60. The predicted octanol–water partition coefficient (Wildman–Crippen LogP) is 2.46. The first-order chi connectivity index (χ1) is 10.9. The average molecular weight is 338 g/mol. The molecule has 1 aromatic carbocycles. The number of amides is 2. The summed E-state index contributed by atoms with van der Waals surface area (Å²) in [6, 6.07) is 1.49. The fraction of sp³-hybridized carbons (Fsp3) is 0.562. The summed E-state index contributed by atoms with van der Waals surface area (Å²) in [5.41, 5.74) is 5.68. The summed E-state index contributed by atoms with van der Waals surface area (Å²) in [5.74, 6) is 0. The number of aryl methyl sites for hydroxylation is 2. The Balaban J connectivity index is 1.82. The Morgan fingerprint density at radius 2 is 1.65 bits per heavy atom. The zero-order valence-corrected chi connectivity index (χ0v) is 14.3. The molecule has 7 heteroatoms. The summed E-state index contributed by atoms with van der Waals surface area (Å²) in [6.45, 7) is 3.18. The molecule has 2 aliphatic carbocycles. The fourth-order valence-corrected chi connectivity index (χ4v) is 4.33. The van der Waals surface area contributed by atoms with Crippen LogP contribution in [0, 0.1) is 0 Å². The van der Waals surface area contributed by atoms with E-state index in [0.29, 0.717) is 0 Å². The summed E-state index contributed by atoms with van der Waals surface area (Å²) in [7, 11) is -4.09. The highest BCUT2D eigenvalue weighted by Gasteiger charge is 2.26. The highest BCUT2D eigenvalue weighted by atomic mass is 32.2. The zero-order valence-electron chi connectivity index (χ0n) is 13.4. The van der Waals surface area contributed by atoms with Crippen LogP contribution in [0.4, 0.5) is 10.5 Å². The van der Waals surface area contributed by atoms with Gasteiger partial charge in [0.15, 0.2) is 0 Å². The Labute approximate surface area is 136 Å². The van der Waals surface area contributed by atoms with E-state index in [-0.39, 0.29) is 0 Å². The fourth-order valence-electron chi connectivity index (χ4n) is 3.50. The molecule has 23 heavy (non-hydrogen) atoms. The molecule has 0 bridgehead atoms. The Morgan fingerprint density at radius 3 is 2.17 bits per heavy atom. The maximum absolute atomic E-state index is 12.1. The molecule has 0 unspecified atom stereocenters. The molecule has 2 amide bonds. The van der Waals surface area contributed by atoms with E-state index in [1.54, 1.807) is 13.8 Å². The number of rotatable bonds is 4. The van der Waals surface area contributed by atoms with Gasteiger partial charge in [-0.25, -0.2) is 9.52 Å². The lowest BCUT2D eigenvalue weighted by atomic mass is 9.99. The average Bonchev–Trinajstić information content (AvgIpc) is 3.03. The molecular weight excluding hydrogens is 316 g/mol. The van der Waals surface area contributed by atoms with Gasteiger partial charge in [-0.2, -0.15) is 8.42 Å². The summed E-state index contributed by atoms with van der Waals surface area (Å²) >= 11 is 0. The van der Waals surface area contributed by atoms with Gasteiger partial charge in [0, 0.05) is 5.69 Å². The van der Waals surface area contributed by atoms with E-state index in [1.165, 1.54) is 11.1 Å². The number of benzene rings is 1. The molecule has 0 fully saturated rings. The van der Waals surface area contributed by atoms with Crippen LogP contribution in [0.25, 0.3) is 0 Å². The van der Waals surface area contributed by atoms with Crippen LogP contribution in [0.1, 0.15) is 48.9 Å². The van der Waals surface area contributed by atoms with Crippen molar-refractivity contribution in [2.24, 2.45) is 0 Å². The van der Waals surface area contributed by atoms with E-state index in [9.17, 15) is 13.2 Å². The second-order valence-corrected chi connectivity index (χ2v) is 7.69. The lowest BCUT2D eigenvalue weighted by molar-refractivity contribution is 0.237. The summed E-state index contributed by atoms with van der Waals surface area (Å²) < 4.78 is 30.1. The van der Waals surface area contributed by atoms with Crippen LogP contribution in [-0.2, 0) is 40.2 Å². The van der Waals surface area contributed by atoms with Crippen molar-refractivity contribution in [3.63, 3.8) is 0 Å². The molecule has 0 aliphatic heterocycles. The molecule has 0 saturated carbocycles. The third-order valence-electron chi connectivity index (χ3n) is 4.25. The van der Waals surface area contributed by atoms with Gasteiger partial charge in [0.05, 0.1) is 6.10 Å². The molecule has 2 aliphatic rings. The second-order valence-electron chi connectivity index (χ2n) is 6.39. The van der Waals surface area contributed by atoms with Crippen LogP contribution in [0.5, 0.6) is 0 Å². The Morgan fingerprint density at radius 1 is 1.09 bits per heavy atom. The van der Waals surface area contributed by atoms with Gasteiger partial charge < -0.3 is 5.32 Å². The summed E-state index contributed by atoms with van der Waals surface area (Å²) in [6.07, 6.45) is 5.51. The maximum atomic E-state index is 12.1. The molecule has 0 radical (unpaired) electrons. The zero-order chi connectivity index (χ0) is 16.6. The number of fused-ring (bicyclic) bond motifs is 2. The first-order valence-corrected chi connectivity index (χ1v) is 9.45. The minimum Gasteiger partial charge on any atom is -0.307 e. The second kappa shape index (κ2) is 6.13. The number of hydrogen-bond donors (Lipinski definition) is 2. The molecule has 0 aromatic heterocycles. The van der Waals surface area contributed by atoms with Crippen LogP contribution in [0.2, 0.25) is 0 Å². The van der Waals surface area contributed by atoms with Gasteiger partial charge in [-0.05, 0) is 74.6 Å². The van der Waals surface area contributed by atoms with Crippen molar-refractivity contribution in [1.29, 1.82) is 0 Å². The van der Waals surface area contributed by atoms with Crippen LogP contribution in [-0.4, -0.2) is 20.6 Å². The highest BCUT2D eigenvalue weighted by molar-refractivity contribution is 7.85. The molecule has 0 saturated heterocycles. The van der Waals surface area contributed by atoms with Crippen molar-refractivity contribution in [3.05, 3.63) is 28.3 Å². The molecule has 0 heterocycles. The Kier molecular flexibility index (Phi) is 4.33. The van der Waals surface area contributed by atoms with Gasteiger partial charge >= 0.3 is 16.3 Å². The van der Waals surface area contributed by atoms with Gasteiger partial charge in [0.25, 0.3) is 0 Å². The third kappa shape index (κ3) is 3.50. The summed E-state index contributed by atoms with van der Waals surface area (Å²) in [5, 5.41) is 2.76. The van der Waals surface area contributed by atoms with E-state index in [0.717, 1.165) is 55.3 Å². The molecular formula is C16H22N2O4S. The lowest BCUT2D eigenvalue weighted by Gasteiger charge is -2.16. The quantitative estimate of drug-likeness (QED) is 0.883. The van der Waals surface area contributed by atoms with Gasteiger partial charge in [-0.15, -0.1) is 0 Å². The van der Waals surface area contributed by atoms with Gasteiger partial charge in [0.2, 0.25) is 0 Å². The number of nitrogens with one attached hydrogen (secondary N) is 2. The van der Waals surface area contributed by atoms with Crippen molar-refractivity contribution in [2.75, 3.05) is 5.32 Å². The molecule has 126 valence electrons. The topological polar surface area (TPSA) is 84.5 Å².